The molecule has 4 nitrogen and oxygen atoms in total. The van der Waals surface area contributed by atoms with Crippen molar-refractivity contribution in [1.29, 1.82) is 0 Å². The van der Waals surface area contributed by atoms with Gasteiger partial charge in [-0.05, 0) is 46.3 Å². The third-order valence-corrected chi connectivity index (χ3v) is 3.61. The van der Waals surface area contributed by atoms with Crippen molar-refractivity contribution in [3.63, 3.8) is 0 Å². The highest BCUT2D eigenvalue weighted by atomic mass is 79.9. The van der Waals surface area contributed by atoms with Crippen molar-refractivity contribution in [3.8, 4) is 5.75 Å². The van der Waals surface area contributed by atoms with Crippen LogP contribution >= 0.6 is 27.5 Å². The number of carbonyl (C=O) groups excluding carboxylic acids is 1. The largest absolute Gasteiger partial charge is 0.421 e. The van der Waals surface area contributed by atoms with Gasteiger partial charge in [-0.3, -0.25) is 4.98 Å². The van der Waals surface area contributed by atoms with E-state index >= 15 is 0 Å². The van der Waals surface area contributed by atoms with Gasteiger partial charge in [-0.25, -0.2) is 9.78 Å². The quantitative estimate of drug-likeness (QED) is 0.504. The predicted molar refractivity (Wildman–Crippen MR) is 83.6 cm³/mol. The highest BCUT2D eigenvalue weighted by Gasteiger charge is 2.13. The fourth-order valence-corrected chi connectivity index (χ4v) is 2.53. The van der Waals surface area contributed by atoms with Crippen LogP contribution in [-0.4, -0.2) is 15.9 Å². The Morgan fingerprint density at radius 1 is 1.14 bits per heavy atom. The Morgan fingerprint density at radius 2 is 1.90 bits per heavy atom. The molecule has 0 unspecified atom stereocenters. The first-order valence-corrected chi connectivity index (χ1v) is 7.19. The van der Waals surface area contributed by atoms with Gasteiger partial charge < -0.3 is 4.74 Å². The SMILES string of the molecule is O=C(Oc1ccc(Cl)cc1Br)c1cnc2ccccc2n1. The van der Waals surface area contributed by atoms with Gasteiger partial charge in [-0.15, -0.1) is 0 Å². The summed E-state index contributed by atoms with van der Waals surface area (Å²) in [7, 11) is 0. The highest BCUT2D eigenvalue weighted by Crippen LogP contribution is 2.28. The summed E-state index contributed by atoms with van der Waals surface area (Å²) in [5.74, 6) is -0.198. The van der Waals surface area contributed by atoms with E-state index < -0.39 is 5.97 Å². The third kappa shape index (κ3) is 3.04. The standard InChI is InChI=1S/C15H8BrClN2O2/c16-10-7-9(17)5-6-14(10)21-15(20)13-8-18-11-3-1-2-4-12(11)19-13/h1-8H. The van der Waals surface area contributed by atoms with Crippen LogP contribution in [0.25, 0.3) is 11.0 Å². The monoisotopic (exact) mass is 362 g/mol. The average Bonchev–Trinajstić information content (AvgIpc) is 2.49. The Hall–Kier alpha value is -1.98. The van der Waals surface area contributed by atoms with Gasteiger partial charge in [0.05, 0.1) is 21.7 Å². The molecule has 0 bridgehead atoms. The fourth-order valence-electron chi connectivity index (χ4n) is 1.77. The molecule has 0 saturated carbocycles. The molecule has 0 saturated heterocycles. The summed E-state index contributed by atoms with van der Waals surface area (Å²) in [4.78, 5) is 20.5. The van der Waals surface area contributed by atoms with E-state index in [1.807, 2.05) is 18.2 Å². The number of para-hydroxylation sites is 2. The lowest BCUT2D eigenvalue weighted by Gasteiger charge is -2.06. The lowest BCUT2D eigenvalue weighted by Crippen LogP contribution is -2.11. The molecule has 2 aromatic carbocycles. The number of rotatable bonds is 2. The van der Waals surface area contributed by atoms with Crippen LogP contribution in [0.2, 0.25) is 5.02 Å². The molecular weight excluding hydrogens is 356 g/mol. The molecule has 1 aromatic heterocycles. The zero-order valence-corrected chi connectivity index (χ0v) is 12.9. The Morgan fingerprint density at radius 3 is 2.67 bits per heavy atom. The zero-order valence-electron chi connectivity index (χ0n) is 10.6. The summed E-state index contributed by atoms with van der Waals surface area (Å²) in [6, 6.07) is 12.2. The van der Waals surface area contributed by atoms with E-state index in [0.717, 1.165) is 5.52 Å². The molecule has 0 aliphatic rings. The van der Waals surface area contributed by atoms with E-state index in [-0.39, 0.29) is 5.69 Å². The van der Waals surface area contributed by atoms with E-state index in [1.54, 1.807) is 24.3 Å². The number of fused-ring (bicyclic) bond motifs is 1. The van der Waals surface area contributed by atoms with Crippen molar-refractivity contribution < 1.29 is 9.53 Å². The Labute approximate surface area is 133 Å². The lowest BCUT2D eigenvalue weighted by atomic mass is 10.3. The number of carbonyl (C=O) groups is 1. The summed E-state index contributed by atoms with van der Waals surface area (Å²) in [6.07, 6.45) is 1.40. The van der Waals surface area contributed by atoms with Crippen molar-refractivity contribution in [1.82, 2.24) is 9.97 Å². The van der Waals surface area contributed by atoms with Crippen LogP contribution in [0.3, 0.4) is 0 Å². The van der Waals surface area contributed by atoms with Crippen LogP contribution in [-0.2, 0) is 0 Å². The van der Waals surface area contributed by atoms with Crippen molar-refractivity contribution in [2.75, 3.05) is 0 Å². The van der Waals surface area contributed by atoms with Crippen LogP contribution in [0.1, 0.15) is 10.5 Å². The summed E-state index contributed by atoms with van der Waals surface area (Å²) >= 11 is 9.13. The predicted octanol–water partition coefficient (Wildman–Crippen LogP) is 4.26. The fraction of sp³-hybridized carbons (Fsp3) is 0. The van der Waals surface area contributed by atoms with Gasteiger partial charge in [0, 0.05) is 5.02 Å². The molecule has 0 amide bonds. The van der Waals surface area contributed by atoms with Crippen molar-refractivity contribution >= 4 is 44.5 Å². The number of hydrogen-bond acceptors (Lipinski definition) is 4. The molecule has 0 aliphatic heterocycles. The van der Waals surface area contributed by atoms with Gasteiger partial charge in [0.15, 0.2) is 5.69 Å². The first kappa shape index (κ1) is 14.0. The lowest BCUT2D eigenvalue weighted by molar-refractivity contribution is 0.0727. The molecular formula is C15H8BrClN2O2. The number of esters is 1. The van der Waals surface area contributed by atoms with Gasteiger partial charge >= 0.3 is 5.97 Å². The molecule has 6 heteroatoms. The smallest absolute Gasteiger partial charge is 0.364 e. The number of hydrogen-bond donors (Lipinski definition) is 0. The molecule has 1 heterocycles. The molecule has 0 radical (unpaired) electrons. The molecule has 0 atom stereocenters. The number of nitrogens with zero attached hydrogens (tertiary/aromatic N) is 2. The van der Waals surface area contributed by atoms with Crippen molar-refractivity contribution in [3.05, 3.63) is 63.9 Å². The van der Waals surface area contributed by atoms with Crippen LogP contribution in [0.4, 0.5) is 0 Å². The van der Waals surface area contributed by atoms with Crippen LogP contribution in [0.5, 0.6) is 5.75 Å². The molecule has 0 spiro atoms. The average molecular weight is 364 g/mol. The second kappa shape index (κ2) is 5.79. The molecule has 0 N–H and O–H groups in total. The minimum Gasteiger partial charge on any atom is -0.421 e. The van der Waals surface area contributed by atoms with Crippen molar-refractivity contribution in [2.45, 2.75) is 0 Å². The van der Waals surface area contributed by atoms with Crippen LogP contribution in [0.15, 0.2) is 53.1 Å². The molecule has 104 valence electrons. The summed E-state index contributed by atoms with van der Waals surface area (Å²) in [5, 5.41) is 0.548. The molecule has 0 aliphatic carbocycles. The minimum absolute atomic E-state index is 0.149. The van der Waals surface area contributed by atoms with Gasteiger partial charge in [0.25, 0.3) is 0 Å². The first-order valence-electron chi connectivity index (χ1n) is 6.02. The van der Waals surface area contributed by atoms with E-state index in [0.29, 0.717) is 20.8 Å². The van der Waals surface area contributed by atoms with Crippen molar-refractivity contribution in [2.24, 2.45) is 0 Å². The third-order valence-electron chi connectivity index (χ3n) is 2.75. The Balaban J connectivity index is 1.89. The molecule has 0 fully saturated rings. The first-order chi connectivity index (χ1) is 10.1. The summed E-state index contributed by atoms with van der Waals surface area (Å²) in [5.41, 5.74) is 1.51. The van der Waals surface area contributed by atoms with E-state index in [4.69, 9.17) is 16.3 Å². The number of aromatic nitrogens is 2. The number of ether oxygens (including phenoxy) is 1. The maximum absolute atomic E-state index is 12.1. The maximum atomic E-state index is 12.1. The minimum atomic E-state index is -0.573. The van der Waals surface area contributed by atoms with Gasteiger partial charge in [0.1, 0.15) is 5.75 Å². The number of benzene rings is 2. The molecule has 21 heavy (non-hydrogen) atoms. The second-order valence-corrected chi connectivity index (χ2v) is 5.50. The van der Waals surface area contributed by atoms with E-state index in [1.165, 1.54) is 6.20 Å². The normalized spacial score (nSPS) is 10.6. The topological polar surface area (TPSA) is 52.1 Å². The molecule has 3 rings (SSSR count). The van der Waals surface area contributed by atoms with Crippen LogP contribution in [0, 0.1) is 0 Å². The highest BCUT2D eigenvalue weighted by molar-refractivity contribution is 9.10. The van der Waals surface area contributed by atoms with Gasteiger partial charge in [0.2, 0.25) is 0 Å². The summed E-state index contributed by atoms with van der Waals surface area (Å²) in [6.45, 7) is 0. The summed E-state index contributed by atoms with van der Waals surface area (Å²) < 4.78 is 5.88. The zero-order chi connectivity index (χ0) is 14.8. The van der Waals surface area contributed by atoms with Gasteiger partial charge in [-0.2, -0.15) is 0 Å². The Bertz CT molecular complexity index is 839. The second-order valence-electron chi connectivity index (χ2n) is 4.21. The van der Waals surface area contributed by atoms with E-state index in [2.05, 4.69) is 25.9 Å². The Kier molecular flexibility index (Phi) is 3.86. The molecule has 3 aromatic rings. The number of halogens is 2. The van der Waals surface area contributed by atoms with E-state index in [9.17, 15) is 4.79 Å². The maximum Gasteiger partial charge on any atom is 0.364 e. The van der Waals surface area contributed by atoms with Gasteiger partial charge in [-0.1, -0.05) is 23.7 Å². The van der Waals surface area contributed by atoms with Crippen LogP contribution < -0.4 is 4.74 Å².